The van der Waals surface area contributed by atoms with E-state index in [9.17, 15) is 0 Å². The van der Waals surface area contributed by atoms with E-state index in [0.29, 0.717) is 6.04 Å². The van der Waals surface area contributed by atoms with Gasteiger partial charge in [-0.15, -0.1) is 0 Å². The lowest BCUT2D eigenvalue weighted by atomic mass is 9.90. The van der Waals surface area contributed by atoms with Crippen LogP contribution in [0.15, 0.2) is 0 Å². The SMILES string of the molecule is CN[C@H]1CCCC2(C1)OCCO2. The molecule has 70 valence electrons. The Labute approximate surface area is 73.4 Å². The Morgan fingerprint density at radius 2 is 2.08 bits per heavy atom. The molecule has 1 aliphatic heterocycles. The van der Waals surface area contributed by atoms with Crippen LogP contribution in [0.1, 0.15) is 25.7 Å². The Morgan fingerprint density at radius 1 is 1.33 bits per heavy atom. The van der Waals surface area contributed by atoms with Gasteiger partial charge >= 0.3 is 0 Å². The van der Waals surface area contributed by atoms with Crippen LogP contribution in [0.25, 0.3) is 0 Å². The molecule has 1 heterocycles. The molecule has 0 aromatic heterocycles. The van der Waals surface area contributed by atoms with E-state index >= 15 is 0 Å². The Hall–Kier alpha value is -0.120. The van der Waals surface area contributed by atoms with Crippen molar-refractivity contribution in [1.82, 2.24) is 5.32 Å². The van der Waals surface area contributed by atoms with Crippen molar-refractivity contribution in [3.63, 3.8) is 0 Å². The summed E-state index contributed by atoms with van der Waals surface area (Å²) in [5.41, 5.74) is 0. The molecule has 2 aliphatic rings. The third kappa shape index (κ3) is 1.49. The van der Waals surface area contributed by atoms with E-state index in [1.54, 1.807) is 0 Å². The fourth-order valence-corrected chi connectivity index (χ4v) is 2.20. The first-order valence-corrected chi connectivity index (χ1v) is 4.80. The molecule has 1 atom stereocenters. The van der Waals surface area contributed by atoms with E-state index in [-0.39, 0.29) is 5.79 Å². The second kappa shape index (κ2) is 3.32. The Balaban J connectivity index is 1.97. The lowest BCUT2D eigenvalue weighted by Gasteiger charge is -2.35. The topological polar surface area (TPSA) is 30.5 Å². The van der Waals surface area contributed by atoms with Gasteiger partial charge in [-0.05, 0) is 19.9 Å². The number of hydrogen-bond acceptors (Lipinski definition) is 3. The zero-order valence-electron chi connectivity index (χ0n) is 7.64. The first-order chi connectivity index (χ1) is 5.85. The predicted molar refractivity (Wildman–Crippen MR) is 46.0 cm³/mol. The van der Waals surface area contributed by atoms with E-state index in [1.165, 1.54) is 12.8 Å². The number of nitrogens with one attached hydrogen (secondary N) is 1. The highest BCUT2D eigenvalue weighted by Gasteiger charge is 2.40. The van der Waals surface area contributed by atoms with Crippen molar-refractivity contribution in [2.24, 2.45) is 0 Å². The minimum Gasteiger partial charge on any atom is -0.347 e. The molecule has 0 bridgehead atoms. The molecule has 2 fully saturated rings. The standard InChI is InChI=1S/C9H17NO2/c1-10-8-3-2-4-9(7-8)11-5-6-12-9/h8,10H,2-7H2,1H3/t8-/m0/s1. The van der Waals surface area contributed by atoms with Crippen molar-refractivity contribution < 1.29 is 9.47 Å². The van der Waals surface area contributed by atoms with Gasteiger partial charge in [0.2, 0.25) is 0 Å². The molecule has 12 heavy (non-hydrogen) atoms. The van der Waals surface area contributed by atoms with Gasteiger partial charge in [0.1, 0.15) is 0 Å². The van der Waals surface area contributed by atoms with Gasteiger partial charge in [0, 0.05) is 18.9 Å². The lowest BCUT2D eigenvalue weighted by Crippen LogP contribution is -2.43. The van der Waals surface area contributed by atoms with Crippen LogP contribution in [0.5, 0.6) is 0 Å². The van der Waals surface area contributed by atoms with E-state index in [4.69, 9.17) is 9.47 Å². The molecule has 0 radical (unpaired) electrons. The summed E-state index contributed by atoms with van der Waals surface area (Å²) in [5.74, 6) is -0.216. The second-order valence-electron chi connectivity index (χ2n) is 3.69. The summed E-state index contributed by atoms with van der Waals surface area (Å²) in [4.78, 5) is 0. The van der Waals surface area contributed by atoms with Crippen LogP contribution in [0.4, 0.5) is 0 Å². The van der Waals surface area contributed by atoms with Crippen molar-refractivity contribution in [1.29, 1.82) is 0 Å². The smallest absolute Gasteiger partial charge is 0.169 e. The van der Waals surface area contributed by atoms with Gasteiger partial charge in [0.15, 0.2) is 5.79 Å². The molecule has 3 nitrogen and oxygen atoms in total. The molecule has 1 saturated carbocycles. The van der Waals surface area contributed by atoms with Crippen LogP contribution < -0.4 is 5.32 Å². The fraction of sp³-hybridized carbons (Fsp3) is 1.00. The van der Waals surface area contributed by atoms with E-state index in [0.717, 1.165) is 26.1 Å². The first kappa shape index (κ1) is 8.48. The summed E-state index contributed by atoms with van der Waals surface area (Å²) in [7, 11) is 2.01. The summed E-state index contributed by atoms with van der Waals surface area (Å²) in [6.07, 6.45) is 4.56. The van der Waals surface area contributed by atoms with Crippen molar-refractivity contribution in [3.05, 3.63) is 0 Å². The summed E-state index contributed by atoms with van der Waals surface area (Å²) in [6.45, 7) is 1.55. The summed E-state index contributed by atoms with van der Waals surface area (Å²) in [6, 6.07) is 0.580. The fourth-order valence-electron chi connectivity index (χ4n) is 2.20. The van der Waals surface area contributed by atoms with Crippen LogP contribution in [-0.2, 0) is 9.47 Å². The molecular weight excluding hydrogens is 154 g/mol. The third-order valence-electron chi connectivity index (χ3n) is 2.89. The Morgan fingerprint density at radius 3 is 2.75 bits per heavy atom. The van der Waals surface area contributed by atoms with Gasteiger partial charge in [-0.1, -0.05) is 0 Å². The normalized spacial score (nSPS) is 34.2. The molecule has 3 heteroatoms. The number of hydrogen-bond donors (Lipinski definition) is 1. The molecule has 1 aliphatic carbocycles. The van der Waals surface area contributed by atoms with Crippen LogP contribution in [-0.4, -0.2) is 32.1 Å². The van der Waals surface area contributed by atoms with Gasteiger partial charge in [0.25, 0.3) is 0 Å². The monoisotopic (exact) mass is 171 g/mol. The summed E-state index contributed by atoms with van der Waals surface area (Å²) < 4.78 is 11.3. The summed E-state index contributed by atoms with van der Waals surface area (Å²) in [5, 5.41) is 3.30. The van der Waals surface area contributed by atoms with Crippen LogP contribution in [0.2, 0.25) is 0 Å². The summed E-state index contributed by atoms with van der Waals surface area (Å²) >= 11 is 0. The molecule has 2 rings (SSSR count). The second-order valence-corrected chi connectivity index (χ2v) is 3.69. The molecule has 1 N–H and O–H groups in total. The van der Waals surface area contributed by atoms with Gasteiger partial charge in [-0.3, -0.25) is 0 Å². The van der Waals surface area contributed by atoms with Crippen LogP contribution in [0, 0.1) is 0 Å². The molecule has 0 unspecified atom stereocenters. The largest absolute Gasteiger partial charge is 0.347 e. The Bertz CT molecular complexity index is 155. The molecule has 1 spiro atoms. The van der Waals surface area contributed by atoms with Crippen molar-refractivity contribution in [2.45, 2.75) is 37.5 Å². The zero-order valence-corrected chi connectivity index (χ0v) is 7.64. The highest BCUT2D eigenvalue weighted by molar-refractivity contribution is 4.85. The maximum atomic E-state index is 5.65. The first-order valence-electron chi connectivity index (χ1n) is 4.80. The van der Waals surface area contributed by atoms with E-state index in [2.05, 4.69) is 5.32 Å². The average molecular weight is 171 g/mol. The number of rotatable bonds is 1. The van der Waals surface area contributed by atoms with Crippen LogP contribution >= 0.6 is 0 Å². The van der Waals surface area contributed by atoms with E-state index in [1.807, 2.05) is 7.05 Å². The molecule has 0 aromatic rings. The molecule has 0 aromatic carbocycles. The van der Waals surface area contributed by atoms with Gasteiger partial charge < -0.3 is 14.8 Å². The quantitative estimate of drug-likeness (QED) is 0.635. The van der Waals surface area contributed by atoms with Crippen molar-refractivity contribution >= 4 is 0 Å². The minimum atomic E-state index is -0.216. The highest BCUT2D eigenvalue weighted by atomic mass is 16.7. The lowest BCUT2D eigenvalue weighted by molar-refractivity contribution is -0.181. The van der Waals surface area contributed by atoms with Gasteiger partial charge in [-0.25, -0.2) is 0 Å². The van der Waals surface area contributed by atoms with E-state index < -0.39 is 0 Å². The number of ether oxygens (including phenoxy) is 2. The third-order valence-corrected chi connectivity index (χ3v) is 2.89. The average Bonchev–Trinajstić information content (AvgIpc) is 2.53. The molecule has 0 amide bonds. The van der Waals surface area contributed by atoms with Gasteiger partial charge in [0.05, 0.1) is 13.2 Å². The maximum absolute atomic E-state index is 5.65. The predicted octanol–water partition coefficient (Wildman–Crippen LogP) is 0.891. The zero-order chi connectivity index (χ0) is 8.44. The Kier molecular flexibility index (Phi) is 2.35. The van der Waals surface area contributed by atoms with Gasteiger partial charge in [-0.2, -0.15) is 0 Å². The van der Waals surface area contributed by atoms with Crippen molar-refractivity contribution in [2.75, 3.05) is 20.3 Å². The maximum Gasteiger partial charge on any atom is 0.169 e. The van der Waals surface area contributed by atoms with Crippen LogP contribution in [0.3, 0.4) is 0 Å². The molecular formula is C9H17NO2. The minimum absolute atomic E-state index is 0.216. The molecule has 1 saturated heterocycles. The van der Waals surface area contributed by atoms with Crippen molar-refractivity contribution in [3.8, 4) is 0 Å². The highest BCUT2D eigenvalue weighted by Crippen LogP contribution is 2.35.